The number of oxazole rings is 1. The molecule has 1 saturated carbocycles. The molecule has 0 bridgehead atoms. The van der Waals surface area contributed by atoms with Gasteiger partial charge < -0.3 is 4.42 Å². The van der Waals surface area contributed by atoms with Gasteiger partial charge in [0.25, 0.3) is 0 Å². The normalized spacial score (nSPS) is 17.9. The predicted molar refractivity (Wildman–Crippen MR) is 70.4 cm³/mol. The van der Waals surface area contributed by atoms with Gasteiger partial charge in [0.15, 0.2) is 5.89 Å². The summed E-state index contributed by atoms with van der Waals surface area (Å²) < 4.78 is 6.06. The lowest BCUT2D eigenvalue weighted by atomic mass is 9.89. The molecule has 0 aliphatic heterocycles. The van der Waals surface area contributed by atoms with Crippen LogP contribution in [0.3, 0.4) is 0 Å². The van der Waals surface area contributed by atoms with E-state index < -0.39 is 0 Å². The molecule has 2 heteroatoms. The largest absolute Gasteiger partial charge is 0.445 e. The minimum atomic E-state index is 0.460. The van der Waals surface area contributed by atoms with Crippen molar-refractivity contribution in [2.24, 2.45) is 0 Å². The van der Waals surface area contributed by atoms with Crippen molar-refractivity contribution in [3.8, 4) is 0 Å². The van der Waals surface area contributed by atoms with Crippen LogP contribution in [0.2, 0.25) is 0 Å². The van der Waals surface area contributed by atoms with E-state index in [1.165, 1.54) is 37.8 Å². The van der Waals surface area contributed by atoms with Crippen LogP contribution in [-0.2, 0) is 6.42 Å². The minimum absolute atomic E-state index is 0.460. The average molecular weight is 235 g/mol. The maximum atomic E-state index is 6.06. The molecule has 0 radical (unpaired) electrons. The summed E-state index contributed by atoms with van der Waals surface area (Å²) in [4.78, 5) is 4.78. The fourth-order valence-corrected chi connectivity index (χ4v) is 2.77. The first-order chi connectivity index (χ1) is 8.22. The molecule has 96 valence electrons. The molecule has 0 atom stereocenters. The van der Waals surface area contributed by atoms with Gasteiger partial charge in [0.05, 0.1) is 5.69 Å². The second-order valence-corrected chi connectivity index (χ2v) is 5.60. The van der Waals surface area contributed by atoms with Crippen LogP contribution in [0, 0.1) is 0 Å². The molecular weight excluding hydrogens is 210 g/mol. The van der Waals surface area contributed by atoms with E-state index in [9.17, 15) is 0 Å². The summed E-state index contributed by atoms with van der Waals surface area (Å²) in [5.74, 6) is 3.21. The van der Waals surface area contributed by atoms with Crippen LogP contribution < -0.4 is 0 Å². The fourth-order valence-electron chi connectivity index (χ4n) is 2.77. The molecule has 17 heavy (non-hydrogen) atoms. The molecule has 1 aliphatic carbocycles. The third-order valence-corrected chi connectivity index (χ3v) is 3.71. The standard InChI is InChI=1S/C15H25NO/c1-4-8-13-14(11(2)3)17-15(16-13)12-9-6-5-7-10-12/h11-12H,4-10H2,1-3H3. The molecule has 1 fully saturated rings. The minimum Gasteiger partial charge on any atom is -0.445 e. The van der Waals surface area contributed by atoms with Crippen molar-refractivity contribution in [1.82, 2.24) is 4.98 Å². The zero-order chi connectivity index (χ0) is 12.3. The quantitative estimate of drug-likeness (QED) is 0.749. The van der Waals surface area contributed by atoms with E-state index in [-0.39, 0.29) is 0 Å². The van der Waals surface area contributed by atoms with Gasteiger partial charge in [-0.05, 0) is 19.3 Å². The summed E-state index contributed by atoms with van der Waals surface area (Å²) in [5, 5.41) is 0. The smallest absolute Gasteiger partial charge is 0.197 e. The first kappa shape index (κ1) is 12.7. The van der Waals surface area contributed by atoms with Crippen molar-refractivity contribution >= 4 is 0 Å². The Balaban J connectivity index is 2.19. The Hall–Kier alpha value is -0.790. The van der Waals surface area contributed by atoms with E-state index >= 15 is 0 Å². The Kier molecular flexibility index (Phi) is 4.25. The van der Waals surface area contributed by atoms with Crippen LogP contribution in [0.4, 0.5) is 0 Å². The van der Waals surface area contributed by atoms with Gasteiger partial charge in [-0.15, -0.1) is 0 Å². The zero-order valence-electron chi connectivity index (χ0n) is 11.5. The molecule has 0 aromatic carbocycles. The monoisotopic (exact) mass is 235 g/mol. The first-order valence-corrected chi connectivity index (χ1v) is 7.21. The van der Waals surface area contributed by atoms with Crippen LogP contribution in [0.15, 0.2) is 4.42 Å². The highest BCUT2D eigenvalue weighted by Crippen LogP contribution is 2.34. The maximum Gasteiger partial charge on any atom is 0.197 e. The molecule has 0 spiro atoms. The van der Waals surface area contributed by atoms with Gasteiger partial charge in [0.2, 0.25) is 0 Å². The molecule has 1 heterocycles. The van der Waals surface area contributed by atoms with E-state index in [0.29, 0.717) is 11.8 Å². The summed E-state index contributed by atoms with van der Waals surface area (Å²) in [6, 6.07) is 0. The van der Waals surface area contributed by atoms with Crippen molar-refractivity contribution in [3.63, 3.8) is 0 Å². The predicted octanol–water partition coefficient (Wildman–Crippen LogP) is 4.80. The Morgan fingerprint density at radius 1 is 1.24 bits per heavy atom. The van der Waals surface area contributed by atoms with Gasteiger partial charge in [-0.3, -0.25) is 0 Å². The van der Waals surface area contributed by atoms with Crippen LogP contribution in [-0.4, -0.2) is 4.98 Å². The summed E-state index contributed by atoms with van der Waals surface area (Å²) >= 11 is 0. The maximum absolute atomic E-state index is 6.06. The molecule has 0 saturated heterocycles. The Labute approximate surface area is 105 Å². The highest BCUT2D eigenvalue weighted by molar-refractivity contribution is 5.15. The van der Waals surface area contributed by atoms with Crippen LogP contribution in [0.1, 0.15) is 88.5 Å². The molecule has 1 aliphatic rings. The molecule has 0 amide bonds. The third-order valence-electron chi connectivity index (χ3n) is 3.71. The van der Waals surface area contributed by atoms with Gasteiger partial charge >= 0.3 is 0 Å². The highest BCUT2D eigenvalue weighted by Gasteiger charge is 2.23. The van der Waals surface area contributed by atoms with Gasteiger partial charge in [0.1, 0.15) is 5.76 Å². The lowest BCUT2D eigenvalue weighted by Gasteiger charge is -2.18. The SMILES string of the molecule is CCCc1nc(C2CCCCC2)oc1C(C)C. The topological polar surface area (TPSA) is 26.0 Å². The van der Waals surface area contributed by atoms with E-state index in [2.05, 4.69) is 20.8 Å². The van der Waals surface area contributed by atoms with E-state index in [4.69, 9.17) is 9.40 Å². The van der Waals surface area contributed by atoms with E-state index in [0.717, 1.165) is 24.5 Å². The van der Waals surface area contributed by atoms with Gasteiger partial charge in [-0.25, -0.2) is 4.98 Å². The number of nitrogens with zero attached hydrogens (tertiary/aromatic N) is 1. The molecule has 2 rings (SSSR count). The summed E-state index contributed by atoms with van der Waals surface area (Å²) in [7, 11) is 0. The second-order valence-electron chi connectivity index (χ2n) is 5.60. The Morgan fingerprint density at radius 3 is 2.53 bits per heavy atom. The highest BCUT2D eigenvalue weighted by atomic mass is 16.4. The van der Waals surface area contributed by atoms with Gasteiger partial charge in [-0.2, -0.15) is 0 Å². The van der Waals surface area contributed by atoms with E-state index in [1.807, 2.05) is 0 Å². The molecule has 2 nitrogen and oxygen atoms in total. The lowest BCUT2D eigenvalue weighted by Crippen LogP contribution is -2.04. The van der Waals surface area contributed by atoms with Crippen molar-refractivity contribution < 1.29 is 4.42 Å². The average Bonchev–Trinajstić information content (AvgIpc) is 2.75. The number of rotatable bonds is 4. The molecule has 0 unspecified atom stereocenters. The molecular formula is C15H25NO. The summed E-state index contributed by atoms with van der Waals surface area (Å²) in [5.41, 5.74) is 1.21. The molecule has 1 aromatic rings. The number of hydrogen-bond acceptors (Lipinski definition) is 2. The third kappa shape index (κ3) is 2.91. The van der Waals surface area contributed by atoms with Crippen molar-refractivity contribution in [1.29, 1.82) is 0 Å². The molecule has 0 N–H and O–H groups in total. The van der Waals surface area contributed by atoms with Crippen LogP contribution >= 0.6 is 0 Å². The lowest BCUT2D eigenvalue weighted by molar-refractivity contribution is 0.346. The number of aryl methyl sites for hydroxylation is 1. The Morgan fingerprint density at radius 2 is 1.94 bits per heavy atom. The number of hydrogen-bond donors (Lipinski definition) is 0. The van der Waals surface area contributed by atoms with Gasteiger partial charge in [0, 0.05) is 11.8 Å². The number of aromatic nitrogens is 1. The van der Waals surface area contributed by atoms with E-state index in [1.54, 1.807) is 0 Å². The Bertz CT molecular complexity index is 348. The second kappa shape index (κ2) is 5.70. The fraction of sp³-hybridized carbons (Fsp3) is 0.800. The molecule has 1 aromatic heterocycles. The zero-order valence-corrected chi connectivity index (χ0v) is 11.5. The van der Waals surface area contributed by atoms with Crippen LogP contribution in [0.25, 0.3) is 0 Å². The van der Waals surface area contributed by atoms with Crippen molar-refractivity contribution in [2.75, 3.05) is 0 Å². The van der Waals surface area contributed by atoms with Crippen LogP contribution in [0.5, 0.6) is 0 Å². The summed E-state index contributed by atoms with van der Waals surface area (Å²) in [6.45, 7) is 6.60. The summed E-state index contributed by atoms with van der Waals surface area (Å²) in [6.07, 6.45) is 8.81. The first-order valence-electron chi connectivity index (χ1n) is 7.21. The van der Waals surface area contributed by atoms with Crippen molar-refractivity contribution in [2.45, 2.75) is 77.6 Å². The van der Waals surface area contributed by atoms with Gasteiger partial charge in [-0.1, -0.05) is 46.5 Å². The van der Waals surface area contributed by atoms with Crippen molar-refractivity contribution in [3.05, 3.63) is 17.3 Å².